The summed E-state index contributed by atoms with van der Waals surface area (Å²) in [6.45, 7) is 1.58. The van der Waals surface area contributed by atoms with Gasteiger partial charge in [-0.25, -0.2) is 4.79 Å². The minimum atomic E-state index is -0.812. The van der Waals surface area contributed by atoms with Crippen LogP contribution in [0.3, 0.4) is 0 Å². The Morgan fingerprint density at radius 2 is 1.55 bits per heavy atom. The molecule has 1 unspecified atom stereocenters. The van der Waals surface area contributed by atoms with E-state index in [0.717, 1.165) is 4.47 Å². The maximum atomic E-state index is 12.1. The molecule has 0 spiro atoms. The van der Waals surface area contributed by atoms with Crippen molar-refractivity contribution in [3.8, 4) is 0 Å². The van der Waals surface area contributed by atoms with Crippen LogP contribution in [0.25, 0.3) is 0 Å². The fourth-order valence-electron chi connectivity index (χ4n) is 1.71. The zero-order valence-corrected chi connectivity index (χ0v) is 12.5. The van der Waals surface area contributed by atoms with Crippen LogP contribution in [0.1, 0.15) is 27.6 Å². The van der Waals surface area contributed by atoms with Gasteiger partial charge in [0, 0.05) is 10.0 Å². The summed E-state index contributed by atoms with van der Waals surface area (Å²) >= 11 is 3.29. The zero-order chi connectivity index (χ0) is 14.5. The van der Waals surface area contributed by atoms with Crippen molar-refractivity contribution in [2.45, 2.75) is 13.0 Å². The number of halogens is 1. The third-order valence-corrected chi connectivity index (χ3v) is 3.32. The fourth-order valence-corrected chi connectivity index (χ4v) is 1.97. The summed E-state index contributed by atoms with van der Waals surface area (Å²) in [7, 11) is 0. The molecule has 0 fully saturated rings. The van der Waals surface area contributed by atoms with Gasteiger partial charge < -0.3 is 4.74 Å². The number of hydrogen-bond donors (Lipinski definition) is 0. The van der Waals surface area contributed by atoms with Crippen molar-refractivity contribution in [2.75, 3.05) is 0 Å². The van der Waals surface area contributed by atoms with Gasteiger partial charge in [0.15, 0.2) is 6.10 Å². The van der Waals surface area contributed by atoms with E-state index in [2.05, 4.69) is 15.9 Å². The molecule has 0 saturated carbocycles. The first-order valence-corrected chi connectivity index (χ1v) is 6.93. The molecule has 3 nitrogen and oxygen atoms in total. The lowest BCUT2D eigenvalue weighted by atomic mass is 10.1. The summed E-state index contributed by atoms with van der Waals surface area (Å²) in [6, 6.07) is 15.6. The number of ketones is 1. The van der Waals surface area contributed by atoms with Gasteiger partial charge in [-0.15, -0.1) is 0 Å². The molecule has 2 rings (SSSR count). The molecule has 0 amide bonds. The first-order chi connectivity index (χ1) is 9.58. The average Bonchev–Trinajstić information content (AvgIpc) is 2.48. The molecule has 0 aromatic heterocycles. The van der Waals surface area contributed by atoms with Crippen LogP contribution >= 0.6 is 15.9 Å². The molecule has 0 aliphatic rings. The molecule has 0 saturated heterocycles. The van der Waals surface area contributed by atoms with Crippen LogP contribution in [0, 0.1) is 0 Å². The number of ether oxygens (including phenoxy) is 1. The van der Waals surface area contributed by atoms with Gasteiger partial charge in [0.2, 0.25) is 5.78 Å². The summed E-state index contributed by atoms with van der Waals surface area (Å²) in [5, 5.41) is 0. The van der Waals surface area contributed by atoms with Crippen molar-refractivity contribution in [1.82, 2.24) is 0 Å². The summed E-state index contributed by atoms with van der Waals surface area (Å²) in [5.41, 5.74) is 0.949. The molecule has 0 aliphatic carbocycles. The van der Waals surface area contributed by atoms with Crippen molar-refractivity contribution in [3.63, 3.8) is 0 Å². The highest BCUT2D eigenvalue weighted by Crippen LogP contribution is 2.13. The first-order valence-electron chi connectivity index (χ1n) is 6.14. The molecular formula is C16H13BrO3. The Morgan fingerprint density at radius 3 is 2.15 bits per heavy atom. The van der Waals surface area contributed by atoms with Gasteiger partial charge in [-0.2, -0.15) is 0 Å². The van der Waals surface area contributed by atoms with E-state index >= 15 is 0 Å². The third-order valence-electron chi connectivity index (χ3n) is 2.79. The van der Waals surface area contributed by atoms with E-state index in [1.807, 2.05) is 6.07 Å². The maximum absolute atomic E-state index is 12.1. The highest BCUT2D eigenvalue weighted by atomic mass is 79.9. The molecule has 0 radical (unpaired) electrons. The Kier molecular flexibility index (Phi) is 4.69. The highest BCUT2D eigenvalue weighted by Gasteiger charge is 2.20. The summed E-state index contributed by atoms with van der Waals surface area (Å²) in [5.74, 6) is -0.717. The van der Waals surface area contributed by atoms with Crippen molar-refractivity contribution in [2.24, 2.45) is 0 Å². The molecular weight excluding hydrogens is 320 g/mol. The Bertz CT molecular complexity index is 605. The standard InChI is InChI=1S/C16H13BrO3/c1-11(15(18)12-5-3-2-4-6-12)20-16(19)13-7-9-14(17)10-8-13/h2-11H,1H3. The lowest BCUT2D eigenvalue weighted by molar-refractivity contribution is 0.0319. The van der Waals surface area contributed by atoms with Crippen LogP contribution in [0.4, 0.5) is 0 Å². The highest BCUT2D eigenvalue weighted by molar-refractivity contribution is 9.10. The topological polar surface area (TPSA) is 43.4 Å². The van der Waals surface area contributed by atoms with Crippen molar-refractivity contribution in [3.05, 3.63) is 70.2 Å². The summed E-state index contributed by atoms with van der Waals surface area (Å²) in [4.78, 5) is 24.0. The molecule has 102 valence electrons. The van der Waals surface area contributed by atoms with Gasteiger partial charge in [-0.05, 0) is 31.2 Å². The second-order valence-corrected chi connectivity index (χ2v) is 5.20. The van der Waals surface area contributed by atoms with E-state index in [9.17, 15) is 9.59 Å². The van der Waals surface area contributed by atoms with Crippen LogP contribution in [0.2, 0.25) is 0 Å². The van der Waals surface area contributed by atoms with E-state index in [0.29, 0.717) is 11.1 Å². The molecule has 0 bridgehead atoms. The van der Waals surface area contributed by atoms with E-state index in [1.54, 1.807) is 55.5 Å². The second-order valence-electron chi connectivity index (χ2n) is 4.28. The SMILES string of the molecule is CC(OC(=O)c1ccc(Br)cc1)C(=O)c1ccccc1. The number of rotatable bonds is 4. The second kappa shape index (κ2) is 6.48. The van der Waals surface area contributed by atoms with Gasteiger partial charge in [0.1, 0.15) is 0 Å². The van der Waals surface area contributed by atoms with Gasteiger partial charge in [0.05, 0.1) is 5.56 Å². The number of carbonyl (C=O) groups excluding carboxylic acids is 2. The fraction of sp³-hybridized carbons (Fsp3) is 0.125. The van der Waals surface area contributed by atoms with E-state index in [4.69, 9.17) is 4.74 Å². The molecule has 20 heavy (non-hydrogen) atoms. The lowest BCUT2D eigenvalue weighted by Crippen LogP contribution is -2.24. The summed E-state index contributed by atoms with van der Waals surface area (Å²) < 4.78 is 6.07. The average molecular weight is 333 g/mol. The van der Waals surface area contributed by atoms with Crippen molar-refractivity contribution >= 4 is 27.7 Å². The molecule has 0 heterocycles. The number of Topliss-reactive ketones (excluding diaryl/α,β-unsaturated/α-hetero) is 1. The Morgan fingerprint density at radius 1 is 0.950 bits per heavy atom. The predicted octanol–water partition coefficient (Wildman–Crippen LogP) is 3.88. The quantitative estimate of drug-likeness (QED) is 0.630. The Hall–Kier alpha value is -1.94. The van der Waals surface area contributed by atoms with Crippen LogP contribution in [-0.2, 0) is 4.74 Å². The molecule has 2 aromatic carbocycles. The summed E-state index contributed by atoms with van der Waals surface area (Å²) in [6.07, 6.45) is -0.812. The van der Waals surface area contributed by atoms with Crippen LogP contribution < -0.4 is 0 Å². The minimum absolute atomic E-state index is 0.212. The van der Waals surface area contributed by atoms with E-state index < -0.39 is 12.1 Å². The number of benzene rings is 2. The smallest absolute Gasteiger partial charge is 0.338 e. The number of hydrogen-bond acceptors (Lipinski definition) is 3. The Labute approximate surface area is 125 Å². The lowest BCUT2D eigenvalue weighted by Gasteiger charge is -2.12. The molecule has 2 aromatic rings. The molecule has 0 aliphatic heterocycles. The van der Waals surface area contributed by atoms with Crippen LogP contribution in [0.5, 0.6) is 0 Å². The first kappa shape index (κ1) is 14.5. The molecule has 0 N–H and O–H groups in total. The molecule has 4 heteroatoms. The minimum Gasteiger partial charge on any atom is -0.451 e. The van der Waals surface area contributed by atoms with E-state index in [-0.39, 0.29) is 5.78 Å². The number of carbonyl (C=O) groups is 2. The monoisotopic (exact) mass is 332 g/mol. The number of esters is 1. The Balaban J connectivity index is 2.04. The maximum Gasteiger partial charge on any atom is 0.338 e. The van der Waals surface area contributed by atoms with Gasteiger partial charge in [-0.3, -0.25) is 4.79 Å². The van der Waals surface area contributed by atoms with Gasteiger partial charge >= 0.3 is 5.97 Å². The normalized spacial score (nSPS) is 11.7. The zero-order valence-electron chi connectivity index (χ0n) is 10.9. The van der Waals surface area contributed by atoms with E-state index in [1.165, 1.54) is 0 Å². The largest absolute Gasteiger partial charge is 0.451 e. The van der Waals surface area contributed by atoms with Crippen LogP contribution in [-0.4, -0.2) is 17.9 Å². The van der Waals surface area contributed by atoms with Gasteiger partial charge in [0.25, 0.3) is 0 Å². The predicted molar refractivity (Wildman–Crippen MR) is 79.8 cm³/mol. The van der Waals surface area contributed by atoms with Crippen LogP contribution in [0.15, 0.2) is 59.1 Å². The molecule has 1 atom stereocenters. The third kappa shape index (κ3) is 3.54. The van der Waals surface area contributed by atoms with Gasteiger partial charge in [-0.1, -0.05) is 46.3 Å². The van der Waals surface area contributed by atoms with Crippen molar-refractivity contribution in [1.29, 1.82) is 0 Å². The van der Waals surface area contributed by atoms with Crippen molar-refractivity contribution < 1.29 is 14.3 Å².